The second kappa shape index (κ2) is 9.55. The molecule has 0 bridgehead atoms. The number of hydrogen-bond acceptors (Lipinski definition) is 6. The van der Waals surface area contributed by atoms with Gasteiger partial charge in [0.2, 0.25) is 0 Å². The smallest absolute Gasteiger partial charge is 0.266 e. The number of rotatable bonds is 5. The number of aromatic nitrogens is 1. The highest BCUT2D eigenvalue weighted by Crippen LogP contribution is 2.32. The quantitative estimate of drug-likeness (QED) is 0.514. The Kier molecular flexibility index (Phi) is 6.76. The highest BCUT2D eigenvalue weighted by atomic mass is 32.2. The van der Waals surface area contributed by atoms with Gasteiger partial charge in [-0.3, -0.25) is 4.79 Å². The Morgan fingerprint density at radius 1 is 1.00 bits per heavy atom. The summed E-state index contributed by atoms with van der Waals surface area (Å²) in [7, 11) is 3.91. The van der Waals surface area contributed by atoms with Crippen molar-refractivity contribution in [2.24, 2.45) is 0 Å². The fraction of sp³-hybridized carbons (Fsp3) is 0.360. The third-order valence-corrected chi connectivity index (χ3v) is 8.19. The zero-order chi connectivity index (χ0) is 22.8. The molecule has 1 aromatic heterocycles. The van der Waals surface area contributed by atoms with Gasteiger partial charge < -0.3 is 14.7 Å². The van der Waals surface area contributed by atoms with Crippen LogP contribution in [0.3, 0.4) is 0 Å². The number of aryl methyl sites for hydroxylation is 3. The molecule has 32 heavy (non-hydrogen) atoms. The van der Waals surface area contributed by atoms with Gasteiger partial charge in [-0.25, -0.2) is 4.98 Å². The first kappa shape index (κ1) is 22.7. The number of carbonyl (C=O) groups excluding carboxylic acids is 1. The Hall–Kier alpha value is -2.51. The third kappa shape index (κ3) is 4.94. The monoisotopic (exact) mass is 466 g/mol. The minimum absolute atomic E-state index is 0.105. The number of anilines is 2. The second-order valence-electron chi connectivity index (χ2n) is 8.45. The van der Waals surface area contributed by atoms with E-state index in [9.17, 15) is 4.79 Å². The van der Waals surface area contributed by atoms with Crippen molar-refractivity contribution in [1.82, 2.24) is 9.88 Å². The Balaban J connectivity index is 1.36. The number of carbonyl (C=O) groups is 1. The molecule has 0 N–H and O–H groups in total. The molecule has 2 aromatic carbocycles. The van der Waals surface area contributed by atoms with Crippen molar-refractivity contribution in [3.63, 3.8) is 0 Å². The summed E-state index contributed by atoms with van der Waals surface area (Å²) in [5.74, 6) is 0.105. The largest absolute Gasteiger partial charge is 0.368 e. The highest BCUT2D eigenvalue weighted by Gasteiger charge is 2.26. The number of amides is 1. The van der Waals surface area contributed by atoms with E-state index in [0.29, 0.717) is 0 Å². The van der Waals surface area contributed by atoms with Gasteiger partial charge in [0.05, 0.1) is 5.69 Å². The van der Waals surface area contributed by atoms with Crippen LogP contribution in [0, 0.1) is 20.8 Å². The number of piperazine rings is 1. The van der Waals surface area contributed by atoms with Crippen molar-refractivity contribution in [3.05, 3.63) is 64.2 Å². The maximum absolute atomic E-state index is 13.0. The molecule has 5 nitrogen and oxygen atoms in total. The Morgan fingerprint density at radius 3 is 2.28 bits per heavy atom. The average Bonchev–Trinajstić information content (AvgIpc) is 3.18. The topological polar surface area (TPSA) is 39.7 Å². The number of nitrogens with zero attached hydrogens (tertiary/aromatic N) is 4. The summed E-state index contributed by atoms with van der Waals surface area (Å²) in [6.07, 6.45) is 0. The van der Waals surface area contributed by atoms with E-state index in [4.69, 9.17) is 0 Å². The summed E-state index contributed by atoms with van der Waals surface area (Å²) in [5, 5.41) is 0.878. The van der Waals surface area contributed by atoms with Crippen LogP contribution in [0.25, 0.3) is 0 Å². The van der Waals surface area contributed by atoms with E-state index in [-0.39, 0.29) is 5.91 Å². The van der Waals surface area contributed by atoms with Crippen molar-refractivity contribution in [1.29, 1.82) is 0 Å². The van der Waals surface area contributed by atoms with Gasteiger partial charge in [-0.05, 0) is 56.7 Å². The third-order valence-electron chi connectivity index (χ3n) is 5.69. The van der Waals surface area contributed by atoms with E-state index in [1.807, 2.05) is 30.8 Å². The van der Waals surface area contributed by atoms with E-state index in [2.05, 4.69) is 66.2 Å². The summed E-state index contributed by atoms with van der Waals surface area (Å²) in [5.41, 5.74) is 4.64. The molecule has 7 heteroatoms. The lowest BCUT2D eigenvalue weighted by molar-refractivity contribution is 0.0750. The molecule has 0 aliphatic carbocycles. The molecule has 1 saturated heterocycles. The normalized spacial score (nSPS) is 14.0. The fourth-order valence-corrected chi connectivity index (χ4v) is 5.69. The molecule has 3 aromatic rings. The summed E-state index contributed by atoms with van der Waals surface area (Å²) >= 11 is 3.28. The molecule has 1 aliphatic heterocycles. The first-order valence-electron chi connectivity index (χ1n) is 10.9. The molecule has 0 unspecified atom stereocenters. The Labute approximate surface area is 199 Å². The van der Waals surface area contributed by atoms with Crippen LogP contribution in [-0.2, 0) is 0 Å². The van der Waals surface area contributed by atoms with Crippen LogP contribution in [0.2, 0.25) is 0 Å². The Bertz CT molecular complexity index is 1100. The minimum Gasteiger partial charge on any atom is -0.368 e. The lowest BCUT2D eigenvalue weighted by Crippen LogP contribution is -2.48. The maximum atomic E-state index is 13.0. The summed E-state index contributed by atoms with van der Waals surface area (Å²) in [6, 6.07) is 15.4. The maximum Gasteiger partial charge on any atom is 0.266 e. The van der Waals surface area contributed by atoms with Crippen molar-refractivity contribution < 1.29 is 4.79 Å². The van der Waals surface area contributed by atoms with Crippen molar-refractivity contribution in [2.75, 3.05) is 50.1 Å². The minimum atomic E-state index is 0.105. The lowest BCUT2D eigenvalue weighted by atomic mass is 10.2. The molecule has 168 valence electrons. The van der Waals surface area contributed by atoms with Crippen molar-refractivity contribution >= 4 is 39.8 Å². The van der Waals surface area contributed by atoms with Crippen LogP contribution in [-0.4, -0.2) is 56.1 Å². The SMILES string of the molecule is Cc1ccc(Sc2ccc(N3CCN(C(=O)c4sc(N(C)C)nc4C)CC3)cc2)c(C)c1. The van der Waals surface area contributed by atoms with Crippen LogP contribution in [0.4, 0.5) is 10.8 Å². The molecule has 0 radical (unpaired) electrons. The molecule has 1 aliphatic rings. The fourth-order valence-electron chi connectivity index (χ4n) is 3.85. The van der Waals surface area contributed by atoms with Gasteiger partial charge in [0, 0.05) is 55.8 Å². The second-order valence-corrected chi connectivity index (χ2v) is 10.5. The molecule has 4 rings (SSSR count). The first-order valence-corrected chi connectivity index (χ1v) is 12.5. The van der Waals surface area contributed by atoms with Crippen molar-refractivity contribution in [3.8, 4) is 0 Å². The average molecular weight is 467 g/mol. The van der Waals surface area contributed by atoms with Crippen LogP contribution >= 0.6 is 23.1 Å². The van der Waals surface area contributed by atoms with E-state index >= 15 is 0 Å². The van der Waals surface area contributed by atoms with E-state index in [1.165, 1.54) is 37.9 Å². The Morgan fingerprint density at radius 2 is 1.69 bits per heavy atom. The van der Waals surface area contributed by atoms with E-state index in [0.717, 1.165) is 41.9 Å². The standard InChI is InChI=1S/C25H30N4OS2/c1-17-6-11-22(18(2)16-17)31-21-9-7-20(8-10-21)28-12-14-29(15-13-28)24(30)23-19(3)26-25(32-23)27(4)5/h6-11,16H,12-15H2,1-5H3. The van der Waals surface area contributed by atoms with E-state index < -0.39 is 0 Å². The molecule has 2 heterocycles. The molecule has 0 atom stereocenters. The van der Waals surface area contributed by atoms with Gasteiger partial charge in [-0.15, -0.1) is 0 Å². The van der Waals surface area contributed by atoms with E-state index in [1.54, 1.807) is 11.8 Å². The zero-order valence-electron chi connectivity index (χ0n) is 19.4. The van der Waals surface area contributed by atoms with Gasteiger partial charge >= 0.3 is 0 Å². The van der Waals surface area contributed by atoms with Crippen LogP contribution < -0.4 is 9.80 Å². The van der Waals surface area contributed by atoms with Gasteiger partial charge in [0.25, 0.3) is 5.91 Å². The van der Waals surface area contributed by atoms with Gasteiger partial charge in [-0.1, -0.05) is 40.8 Å². The lowest BCUT2D eigenvalue weighted by Gasteiger charge is -2.36. The van der Waals surface area contributed by atoms with Crippen LogP contribution in [0.1, 0.15) is 26.5 Å². The number of thiazole rings is 1. The molecule has 1 amide bonds. The van der Waals surface area contributed by atoms with Gasteiger partial charge in [0.15, 0.2) is 5.13 Å². The van der Waals surface area contributed by atoms with Crippen LogP contribution in [0.5, 0.6) is 0 Å². The predicted molar refractivity (Wildman–Crippen MR) is 136 cm³/mol. The zero-order valence-corrected chi connectivity index (χ0v) is 21.0. The summed E-state index contributed by atoms with van der Waals surface area (Å²) < 4.78 is 0. The molecule has 0 spiro atoms. The molecular weight excluding hydrogens is 436 g/mol. The van der Waals surface area contributed by atoms with Crippen molar-refractivity contribution in [2.45, 2.75) is 30.6 Å². The predicted octanol–water partition coefficient (Wildman–Crippen LogP) is 5.25. The van der Waals surface area contributed by atoms with Gasteiger partial charge in [0.1, 0.15) is 4.88 Å². The van der Waals surface area contributed by atoms with Gasteiger partial charge in [-0.2, -0.15) is 0 Å². The van der Waals surface area contributed by atoms with Crippen LogP contribution in [0.15, 0.2) is 52.3 Å². The molecule has 1 fully saturated rings. The molecular formula is C25H30N4OS2. The molecule has 0 saturated carbocycles. The number of hydrogen-bond donors (Lipinski definition) is 0. The first-order chi connectivity index (χ1) is 15.3. The highest BCUT2D eigenvalue weighted by molar-refractivity contribution is 7.99. The summed E-state index contributed by atoms with van der Waals surface area (Å²) in [6.45, 7) is 9.35. The number of benzene rings is 2. The summed E-state index contributed by atoms with van der Waals surface area (Å²) in [4.78, 5) is 27.1.